The van der Waals surface area contributed by atoms with Gasteiger partial charge in [0, 0.05) is 26.9 Å². The second kappa shape index (κ2) is 9.29. The molecular formula is C22H21ClFN3OS. The number of hydrogen-bond donors (Lipinski definition) is 1. The van der Waals surface area contributed by atoms with Gasteiger partial charge in [-0.2, -0.15) is 5.10 Å². The molecule has 4 nitrogen and oxygen atoms in total. The van der Waals surface area contributed by atoms with Crippen LogP contribution in [0, 0.1) is 19.7 Å². The van der Waals surface area contributed by atoms with Gasteiger partial charge in [-0.1, -0.05) is 23.7 Å². The van der Waals surface area contributed by atoms with Crippen LogP contribution in [0.15, 0.2) is 64.6 Å². The maximum Gasteiger partial charge on any atom is 0.253 e. The van der Waals surface area contributed by atoms with Crippen LogP contribution in [0.25, 0.3) is 5.69 Å². The average Bonchev–Trinajstić information content (AvgIpc) is 2.97. The Morgan fingerprint density at radius 1 is 1.21 bits per heavy atom. The van der Waals surface area contributed by atoms with Crippen molar-refractivity contribution in [3.8, 4) is 5.69 Å². The van der Waals surface area contributed by atoms with Crippen molar-refractivity contribution >= 4 is 35.5 Å². The predicted molar refractivity (Wildman–Crippen MR) is 118 cm³/mol. The highest BCUT2D eigenvalue weighted by Crippen LogP contribution is 2.25. The molecule has 1 aromatic heterocycles. The molecule has 0 saturated heterocycles. The lowest BCUT2D eigenvalue weighted by Crippen LogP contribution is -2.26. The van der Waals surface area contributed by atoms with E-state index in [1.54, 1.807) is 36.5 Å². The Kier molecular flexibility index (Phi) is 6.77. The standard InChI is InChI=1S/C22H21ClFN3OS/c1-14-12-17(15(2)27(14)21-7-5-4-6-20(21)24)13-25-26-22(28)16(3)29-19-10-8-18(23)9-11-19/h4-13,16H,1-3H3,(H,26,28)/b25-13+. The molecule has 2 aromatic carbocycles. The molecule has 29 heavy (non-hydrogen) atoms. The van der Waals surface area contributed by atoms with Crippen LogP contribution < -0.4 is 5.43 Å². The number of nitrogens with zero attached hydrogens (tertiary/aromatic N) is 2. The van der Waals surface area contributed by atoms with E-state index < -0.39 is 0 Å². The third kappa shape index (κ3) is 5.08. The Bertz CT molecular complexity index is 1050. The molecule has 1 atom stereocenters. The predicted octanol–water partition coefficient (Wildman–Crippen LogP) is 5.52. The summed E-state index contributed by atoms with van der Waals surface area (Å²) in [5.41, 5.74) is 5.59. The van der Waals surface area contributed by atoms with Crippen LogP contribution in [0.2, 0.25) is 5.02 Å². The lowest BCUT2D eigenvalue weighted by molar-refractivity contribution is -0.120. The van der Waals surface area contributed by atoms with Gasteiger partial charge in [-0.3, -0.25) is 4.79 Å². The number of hydrazone groups is 1. The molecular weight excluding hydrogens is 409 g/mol. The molecule has 3 rings (SSSR count). The number of carbonyl (C=O) groups excluding carboxylic acids is 1. The molecule has 7 heteroatoms. The number of aryl methyl sites for hydroxylation is 1. The minimum absolute atomic E-state index is 0.205. The van der Waals surface area contributed by atoms with E-state index in [0.717, 1.165) is 21.8 Å². The van der Waals surface area contributed by atoms with E-state index in [9.17, 15) is 9.18 Å². The van der Waals surface area contributed by atoms with Gasteiger partial charge in [0.2, 0.25) is 0 Å². The summed E-state index contributed by atoms with van der Waals surface area (Å²) in [6, 6.07) is 15.9. The first kappa shape index (κ1) is 21.1. The van der Waals surface area contributed by atoms with E-state index in [-0.39, 0.29) is 17.0 Å². The van der Waals surface area contributed by atoms with Crippen LogP contribution >= 0.6 is 23.4 Å². The highest BCUT2D eigenvalue weighted by atomic mass is 35.5. The van der Waals surface area contributed by atoms with Gasteiger partial charge in [0.05, 0.1) is 17.2 Å². The molecule has 1 amide bonds. The number of carbonyl (C=O) groups is 1. The average molecular weight is 430 g/mol. The summed E-state index contributed by atoms with van der Waals surface area (Å²) in [5.74, 6) is -0.497. The molecule has 3 aromatic rings. The van der Waals surface area contributed by atoms with E-state index in [1.807, 2.05) is 43.5 Å². The highest BCUT2D eigenvalue weighted by Gasteiger charge is 2.15. The molecule has 0 fully saturated rings. The maximum absolute atomic E-state index is 14.2. The molecule has 1 heterocycles. The van der Waals surface area contributed by atoms with E-state index in [2.05, 4.69) is 10.5 Å². The largest absolute Gasteiger partial charge is 0.315 e. The molecule has 150 valence electrons. The van der Waals surface area contributed by atoms with Crippen LogP contribution in [-0.4, -0.2) is 21.9 Å². The zero-order valence-electron chi connectivity index (χ0n) is 16.3. The summed E-state index contributed by atoms with van der Waals surface area (Å²) >= 11 is 7.31. The SMILES string of the molecule is Cc1cc(/C=N/NC(=O)C(C)Sc2ccc(Cl)cc2)c(C)n1-c1ccccc1F. The Morgan fingerprint density at radius 2 is 1.90 bits per heavy atom. The first-order valence-corrected chi connectivity index (χ1v) is 10.3. The third-order valence-electron chi connectivity index (χ3n) is 4.44. The maximum atomic E-state index is 14.2. The van der Waals surface area contributed by atoms with Gasteiger partial charge in [0.15, 0.2) is 0 Å². The van der Waals surface area contributed by atoms with Gasteiger partial charge in [-0.15, -0.1) is 11.8 Å². The monoisotopic (exact) mass is 429 g/mol. The Balaban J connectivity index is 1.67. The lowest BCUT2D eigenvalue weighted by atomic mass is 10.2. The van der Waals surface area contributed by atoms with Crippen LogP contribution in [0.3, 0.4) is 0 Å². The molecule has 0 bridgehead atoms. The van der Waals surface area contributed by atoms with Gasteiger partial charge in [-0.05, 0) is 63.2 Å². The molecule has 0 spiro atoms. The van der Waals surface area contributed by atoms with Crippen LogP contribution in [-0.2, 0) is 4.79 Å². The molecule has 0 saturated carbocycles. The second-order valence-corrected chi connectivity index (χ2v) is 8.41. The fraction of sp³-hybridized carbons (Fsp3) is 0.182. The number of halogens is 2. The quantitative estimate of drug-likeness (QED) is 0.318. The van der Waals surface area contributed by atoms with Gasteiger partial charge in [0.1, 0.15) is 5.82 Å². The Labute approximate surface area is 178 Å². The molecule has 0 aliphatic heterocycles. The number of thioether (sulfide) groups is 1. The smallest absolute Gasteiger partial charge is 0.253 e. The van der Waals surface area contributed by atoms with Crippen LogP contribution in [0.4, 0.5) is 4.39 Å². The molecule has 0 aliphatic rings. The third-order valence-corrected chi connectivity index (χ3v) is 5.80. The number of nitrogens with one attached hydrogen (secondary N) is 1. The van der Waals surface area contributed by atoms with Crippen molar-refractivity contribution in [3.05, 3.63) is 82.4 Å². The lowest BCUT2D eigenvalue weighted by Gasteiger charge is -2.10. The van der Waals surface area contributed by atoms with E-state index in [4.69, 9.17) is 11.6 Å². The number of aromatic nitrogens is 1. The van der Waals surface area contributed by atoms with E-state index in [1.165, 1.54) is 17.8 Å². The molecule has 1 unspecified atom stereocenters. The summed E-state index contributed by atoms with van der Waals surface area (Å²) < 4.78 is 16.0. The van der Waals surface area contributed by atoms with Crippen molar-refractivity contribution in [2.24, 2.45) is 5.10 Å². The van der Waals surface area contributed by atoms with Crippen molar-refractivity contribution in [3.63, 3.8) is 0 Å². The summed E-state index contributed by atoms with van der Waals surface area (Å²) in [4.78, 5) is 13.3. The zero-order chi connectivity index (χ0) is 21.0. The second-order valence-electron chi connectivity index (χ2n) is 6.56. The summed E-state index contributed by atoms with van der Waals surface area (Å²) in [5, 5.41) is 4.42. The minimum Gasteiger partial charge on any atom is -0.315 e. The van der Waals surface area contributed by atoms with Gasteiger partial charge in [0.25, 0.3) is 5.91 Å². The van der Waals surface area contributed by atoms with Crippen molar-refractivity contribution < 1.29 is 9.18 Å². The Hall–Kier alpha value is -2.57. The van der Waals surface area contributed by atoms with E-state index >= 15 is 0 Å². The summed E-state index contributed by atoms with van der Waals surface area (Å²) in [6.45, 7) is 5.61. The van der Waals surface area contributed by atoms with Crippen LogP contribution in [0.1, 0.15) is 23.9 Å². The first-order chi connectivity index (χ1) is 13.9. The fourth-order valence-electron chi connectivity index (χ4n) is 2.95. The first-order valence-electron chi connectivity index (χ1n) is 9.06. The van der Waals surface area contributed by atoms with Gasteiger partial charge in [-0.25, -0.2) is 9.82 Å². The van der Waals surface area contributed by atoms with Crippen molar-refractivity contribution in [2.45, 2.75) is 30.9 Å². The number of rotatable bonds is 6. The van der Waals surface area contributed by atoms with E-state index in [0.29, 0.717) is 10.7 Å². The van der Waals surface area contributed by atoms with Crippen molar-refractivity contribution in [2.75, 3.05) is 0 Å². The molecule has 0 aliphatic carbocycles. The molecule has 1 N–H and O–H groups in total. The number of hydrogen-bond acceptors (Lipinski definition) is 3. The normalized spacial score (nSPS) is 12.3. The number of benzene rings is 2. The number of para-hydroxylation sites is 1. The highest BCUT2D eigenvalue weighted by molar-refractivity contribution is 8.00. The summed E-state index contributed by atoms with van der Waals surface area (Å²) in [7, 11) is 0. The fourth-order valence-corrected chi connectivity index (χ4v) is 3.94. The Morgan fingerprint density at radius 3 is 2.59 bits per heavy atom. The summed E-state index contributed by atoms with van der Waals surface area (Å²) in [6.07, 6.45) is 1.58. The van der Waals surface area contributed by atoms with Crippen LogP contribution in [0.5, 0.6) is 0 Å². The topological polar surface area (TPSA) is 46.4 Å². The molecule has 0 radical (unpaired) electrons. The van der Waals surface area contributed by atoms with Gasteiger partial charge < -0.3 is 4.57 Å². The minimum atomic E-state index is -0.320. The van der Waals surface area contributed by atoms with Crippen molar-refractivity contribution in [1.82, 2.24) is 9.99 Å². The zero-order valence-corrected chi connectivity index (χ0v) is 17.9. The van der Waals surface area contributed by atoms with Gasteiger partial charge >= 0.3 is 0 Å². The van der Waals surface area contributed by atoms with Crippen molar-refractivity contribution in [1.29, 1.82) is 0 Å². The number of amides is 1.